The predicted molar refractivity (Wildman–Crippen MR) is 62.7 cm³/mol. The molecule has 0 amide bonds. The molecule has 15 heavy (non-hydrogen) atoms. The number of fused-ring (bicyclic) bond motifs is 1. The Kier molecular flexibility index (Phi) is 2.49. The Balaban J connectivity index is 2.71. The molecular weight excluding hydrogens is 186 g/mol. The summed E-state index contributed by atoms with van der Waals surface area (Å²) in [6.45, 7) is 6.91. The maximum Gasteiger partial charge on any atom is 0.0691 e. The Bertz CT molecular complexity index is 483. The number of nitrogens with zero attached hydrogens (tertiary/aromatic N) is 2. The van der Waals surface area contributed by atoms with Gasteiger partial charge in [-0.15, -0.1) is 0 Å². The first-order valence-electron chi connectivity index (χ1n) is 5.31. The van der Waals surface area contributed by atoms with Crippen molar-refractivity contribution in [1.29, 1.82) is 0 Å². The summed E-state index contributed by atoms with van der Waals surface area (Å²) in [5.74, 6) is 0. The lowest BCUT2D eigenvalue weighted by molar-refractivity contribution is 0.547. The van der Waals surface area contributed by atoms with Crippen molar-refractivity contribution in [3.8, 4) is 0 Å². The molecule has 0 saturated carbocycles. The molecular formula is C12H17N3. The van der Waals surface area contributed by atoms with Gasteiger partial charge in [0.15, 0.2) is 0 Å². The minimum absolute atomic E-state index is 0.384. The van der Waals surface area contributed by atoms with Gasteiger partial charge in [-0.3, -0.25) is 4.68 Å². The molecule has 2 rings (SSSR count). The summed E-state index contributed by atoms with van der Waals surface area (Å²) >= 11 is 0. The normalized spacial score (nSPS) is 11.5. The largest absolute Gasteiger partial charge is 0.326 e. The lowest BCUT2D eigenvalue weighted by Crippen LogP contribution is -2.03. The van der Waals surface area contributed by atoms with Gasteiger partial charge in [0.25, 0.3) is 0 Å². The molecule has 2 N–H and O–H groups in total. The number of rotatable bonds is 2. The topological polar surface area (TPSA) is 43.8 Å². The van der Waals surface area contributed by atoms with E-state index in [9.17, 15) is 0 Å². The lowest BCUT2D eigenvalue weighted by atomic mass is 10.1. The molecule has 2 aromatic rings. The summed E-state index contributed by atoms with van der Waals surface area (Å²) in [5, 5.41) is 5.76. The van der Waals surface area contributed by atoms with Crippen molar-refractivity contribution in [3.05, 3.63) is 29.5 Å². The van der Waals surface area contributed by atoms with Crippen LogP contribution in [0.1, 0.15) is 31.1 Å². The maximum atomic E-state index is 5.64. The van der Waals surface area contributed by atoms with Crippen LogP contribution in [0, 0.1) is 6.92 Å². The smallest absolute Gasteiger partial charge is 0.0691 e. The second-order valence-corrected chi connectivity index (χ2v) is 4.18. The predicted octanol–water partition coefficient (Wildman–Crippen LogP) is 2.38. The third kappa shape index (κ3) is 1.63. The van der Waals surface area contributed by atoms with Gasteiger partial charge in [0.1, 0.15) is 0 Å². The van der Waals surface area contributed by atoms with Crippen LogP contribution in [0.4, 0.5) is 0 Å². The van der Waals surface area contributed by atoms with E-state index >= 15 is 0 Å². The number of hydrogen-bond acceptors (Lipinski definition) is 2. The van der Waals surface area contributed by atoms with Crippen molar-refractivity contribution in [2.45, 2.75) is 33.4 Å². The molecule has 0 atom stereocenters. The first-order valence-corrected chi connectivity index (χ1v) is 5.31. The van der Waals surface area contributed by atoms with Crippen LogP contribution in [-0.4, -0.2) is 9.78 Å². The molecule has 0 unspecified atom stereocenters. The van der Waals surface area contributed by atoms with Gasteiger partial charge >= 0.3 is 0 Å². The fourth-order valence-corrected chi connectivity index (χ4v) is 1.86. The maximum absolute atomic E-state index is 5.64. The van der Waals surface area contributed by atoms with Gasteiger partial charge in [0.2, 0.25) is 0 Å². The third-order valence-electron chi connectivity index (χ3n) is 2.68. The fourth-order valence-electron chi connectivity index (χ4n) is 1.86. The average molecular weight is 203 g/mol. The standard InChI is InChI=1S/C12H17N3/c1-8(2)15-12-6-10(7-13)4-5-11(12)9(3)14-15/h4-6,8H,7,13H2,1-3H3. The zero-order valence-electron chi connectivity index (χ0n) is 9.49. The molecule has 0 bridgehead atoms. The Morgan fingerprint density at radius 2 is 2.13 bits per heavy atom. The van der Waals surface area contributed by atoms with Crippen LogP contribution in [0.3, 0.4) is 0 Å². The van der Waals surface area contributed by atoms with Crippen molar-refractivity contribution >= 4 is 10.9 Å². The number of aromatic nitrogens is 2. The molecule has 3 nitrogen and oxygen atoms in total. The summed E-state index contributed by atoms with van der Waals surface area (Å²) in [5.41, 5.74) is 9.07. The highest BCUT2D eigenvalue weighted by molar-refractivity contribution is 5.82. The van der Waals surface area contributed by atoms with E-state index in [4.69, 9.17) is 5.73 Å². The van der Waals surface area contributed by atoms with Gasteiger partial charge in [-0.05, 0) is 32.4 Å². The molecule has 0 radical (unpaired) electrons. The first-order chi connectivity index (χ1) is 7.13. The van der Waals surface area contributed by atoms with Crippen molar-refractivity contribution < 1.29 is 0 Å². The van der Waals surface area contributed by atoms with E-state index in [1.165, 1.54) is 10.9 Å². The molecule has 0 saturated heterocycles. The van der Waals surface area contributed by atoms with Gasteiger partial charge in [0.05, 0.1) is 11.2 Å². The molecule has 1 aromatic carbocycles. The highest BCUT2D eigenvalue weighted by Gasteiger charge is 2.09. The molecule has 0 aliphatic carbocycles. The zero-order chi connectivity index (χ0) is 11.0. The molecule has 0 aliphatic heterocycles. The van der Waals surface area contributed by atoms with E-state index in [1.807, 2.05) is 6.92 Å². The van der Waals surface area contributed by atoms with Crippen molar-refractivity contribution in [2.24, 2.45) is 5.73 Å². The highest BCUT2D eigenvalue weighted by atomic mass is 15.3. The van der Waals surface area contributed by atoms with Crippen LogP contribution in [0.15, 0.2) is 18.2 Å². The van der Waals surface area contributed by atoms with E-state index < -0.39 is 0 Å². The SMILES string of the molecule is Cc1nn(C(C)C)c2cc(CN)ccc12. The molecule has 0 aliphatic rings. The lowest BCUT2D eigenvalue weighted by Gasteiger charge is -2.07. The van der Waals surface area contributed by atoms with E-state index in [0.29, 0.717) is 12.6 Å². The van der Waals surface area contributed by atoms with Crippen LogP contribution >= 0.6 is 0 Å². The summed E-state index contributed by atoms with van der Waals surface area (Å²) in [6.07, 6.45) is 0. The Labute approximate surface area is 89.9 Å². The molecule has 0 spiro atoms. The second-order valence-electron chi connectivity index (χ2n) is 4.18. The quantitative estimate of drug-likeness (QED) is 0.814. The third-order valence-corrected chi connectivity index (χ3v) is 2.68. The van der Waals surface area contributed by atoms with Crippen LogP contribution in [0.2, 0.25) is 0 Å². The van der Waals surface area contributed by atoms with E-state index in [-0.39, 0.29) is 0 Å². The fraction of sp³-hybridized carbons (Fsp3) is 0.417. The molecule has 0 fully saturated rings. The summed E-state index contributed by atoms with van der Waals surface area (Å²) in [4.78, 5) is 0. The highest BCUT2D eigenvalue weighted by Crippen LogP contribution is 2.22. The number of aryl methyl sites for hydroxylation is 1. The number of benzene rings is 1. The van der Waals surface area contributed by atoms with Gasteiger partial charge in [0, 0.05) is 18.0 Å². The summed E-state index contributed by atoms with van der Waals surface area (Å²) < 4.78 is 2.06. The van der Waals surface area contributed by atoms with Gasteiger partial charge in [-0.25, -0.2) is 0 Å². The van der Waals surface area contributed by atoms with Crippen molar-refractivity contribution in [1.82, 2.24) is 9.78 Å². The molecule has 1 heterocycles. The Morgan fingerprint density at radius 1 is 1.40 bits per heavy atom. The van der Waals surface area contributed by atoms with E-state index in [2.05, 4.69) is 41.8 Å². The number of nitrogens with two attached hydrogens (primary N) is 1. The Morgan fingerprint density at radius 3 is 2.73 bits per heavy atom. The van der Waals surface area contributed by atoms with E-state index in [0.717, 1.165) is 11.3 Å². The molecule has 1 aromatic heterocycles. The monoisotopic (exact) mass is 203 g/mol. The molecule has 80 valence electrons. The van der Waals surface area contributed by atoms with Crippen LogP contribution < -0.4 is 5.73 Å². The second kappa shape index (κ2) is 3.66. The van der Waals surface area contributed by atoms with E-state index in [1.54, 1.807) is 0 Å². The zero-order valence-corrected chi connectivity index (χ0v) is 9.49. The van der Waals surface area contributed by atoms with Crippen LogP contribution in [0.25, 0.3) is 10.9 Å². The summed E-state index contributed by atoms with van der Waals surface area (Å²) in [7, 11) is 0. The average Bonchev–Trinajstić information content (AvgIpc) is 2.56. The van der Waals surface area contributed by atoms with Crippen molar-refractivity contribution in [2.75, 3.05) is 0 Å². The number of hydrogen-bond donors (Lipinski definition) is 1. The molecule has 3 heteroatoms. The van der Waals surface area contributed by atoms with Crippen molar-refractivity contribution in [3.63, 3.8) is 0 Å². The Hall–Kier alpha value is -1.35. The summed E-state index contributed by atoms with van der Waals surface area (Å²) in [6, 6.07) is 6.70. The van der Waals surface area contributed by atoms with Gasteiger partial charge in [-0.2, -0.15) is 5.10 Å². The minimum Gasteiger partial charge on any atom is -0.326 e. The minimum atomic E-state index is 0.384. The van der Waals surface area contributed by atoms with Crippen LogP contribution in [0.5, 0.6) is 0 Å². The van der Waals surface area contributed by atoms with Crippen LogP contribution in [-0.2, 0) is 6.54 Å². The van der Waals surface area contributed by atoms with Gasteiger partial charge in [-0.1, -0.05) is 12.1 Å². The van der Waals surface area contributed by atoms with Gasteiger partial charge < -0.3 is 5.73 Å². The first kappa shape index (κ1) is 10.2.